The molecule has 3 fully saturated rings. The number of aliphatic hydroxyl groups excluding tert-OH is 1. The summed E-state index contributed by atoms with van der Waals surface area (Å²) in [5.41, 5.74) is 1.48. The van der Waals surface area contributed by atoms with Crippen molar-refractivity contribution in [2.75, 3.05) is 24.7 Å². The molecule has 1 aromatic heterocycles. The first-order valence-corrected chi connectivity index (χ1v) is 13.7. The molecule has 190 valence electrons. The van der Waals surface area contributed by atoms with Crippen LogP contribution in [-0.4, -0.2) is 58.2 Å². The summed E-state index contributed by atoms with van der Waals surface area (Å²) >= 11 is 4.69. The maximum absolute atomic E-state index is 15.5. The number of halogens is 2. The fourth-order valence-electron chi connectivity index (χ4n) is 4.81. The van der Waals surface area contributed by atoms with Gasteiger partial charge in [-0.05, 0) is 67.4 Å². The maximum Gasteiger partial charge on any atom is 0.410 e. The van der Waals surface area contributed by atoms with E-state index >= 15 is 4.39 Å². The summed E-state index contributed by atoms with van der Waals surface area (Å²) in [4.78, 5) is 19.1. The predicted octanol–water partition coefficient (Wildman–Crippen LogP) is 5.08. The van der Waals surface area contributed by atoms with Gasteiger partial charge in [0.2, 0.25) is 0 Å². The monoisotopic (exact) mass is 574 g/mol. The van der Waals surface area contributed by atoms with Crippen LogP contribution in [0.2, 0.25) is 0 Å². The molecule has 3 heterocycles. The number of nitrogens with one attached hydrogen (secondary N) is 1. The van der Waals surface area contributed by atoms with Gasteiger partial charge in [0.15, 0.2) is 5.82 Å². The van der Waals surface area contributed by atoms with Crippen LogP contribution in [0.25, 0.3) is 10.9 Å². The van der Waals surface area contributed by atoms with Gasteiger partial charge in [0.05, 0.1) is 33.9 Å². The molecule has 2 aromatic rings. The Labute approximate surface area is 222 Å². The lowest BCUT2D eigenvalue weighted by molar-refractivity contribution is 0.0239. The fourth-order valence-corrected chi connectivity index (χ4v) is 5.85. The van der Waals surface area contributed by atoms with E-state index in [-0.39, 0.29) is 42.6 Å². The number of aryl methyl sites for hydroxylation is 1. The molecule has 7 nitrogen and oxygen atoms in total. The highest BCUT2D eigenvalue weighted by atomic mass is 79.9. The highest BCUT2D eigenvalue weighted by Crippen LogP contribution is 2.46. The largest absolute Gasteiger partial charge is 0.444 e. The molecule has 1 aromatic carbocycles. The molecule has 2 saturated heterocycles. The van der Waals surface area contributed by atoms with E-state index in [0.29, 0.717) is 44.7 Å². The molecule has 1 amide bonds. The van der Waals surface area contributed by atoms with Crippen molar-refractivity contribution in [2.24, 2.45) is 5.92 Å². The lowest BCUT2D eigenvalue weighted by Gasteiger charge is -2.38. The van der Waals surface area contributed by atoms with E-state index < -0.39 is 11.4 Å². The maximum atomic E-state index is 15.5. The highest BCUT2D eigenvalue weighted by molar-refractivity contribution is 9.10. The number of aromatic nitrogens is 1. The van der Waals surface area contributed by atoms with E-state index in [1.165, 1.54) is 11.8 Å². The Hall–Kier alpha value is -2.53. The number of thioether (sulfide) groups is 1. The number of hydrogen-bond donors (Lipinski definition) is 2. The predicted molar refractivity (Wildman–Crippen MR) is 141 cm³/mol. The lowest BCUT2D eigenvalue weighted by atomic mass is 9.79. The van der Waals surface area contributed by atoms with Crippen molar-refractivity contribution in [1.29, 1.82) is 5.26 Å². The van der Waals surface area contributed by atoms with Gasteiger partial charge in [-0.1, -0.05) is 11.8 Å². The second-order valence-electron chi connectivity index (χ2n) is 9.91. The molecule has 0 spiro atoms. The second-order valence-corrected chi connectivity index (χ2v) is 11.5. The van der Waals surface area contributed by atoms with E-state index in [9.17, 15) is 9.90 Å². The summed E-state index contributed by atoms with van der Waals surface area (Å²) in [6, 6.07) is 3.84. The number of fused-ring (bicyclic) bond motifs is 2. The van der Waals surface area contributed by atoms with Crippen LogP contribution >= 0.6 is 27.7 Å². The van der Waals surface area contributed by atoms with Gasteiger partial charge in [0, 0.05) is 24.3 Å². The van der Waals surface area contributed by atoms with Crippen molar-refractivity contribution < 1.29 is 19.0 Å². The molecule has 0 radical (unpaired) electrons. The first kappa shape index (κ1) is 26.5. The van der Waals surface area contributed by atoms with E-state index in [1.54, 1.807) is 4.90 Å². The van der Waals surface area contributed by atoms with Gasteiger partial charge in [-0.2, -0.15) is 5.26 Å². The zero-order valence-corrected chi connectivity index (χ0v) is 23.0. The van der Waals surface area contributed by atoms with Crippen molar-refractivity contribution in [3.63, 3.8) is 0 Å². The average Bonchev–Trinajstić information content (AvgIpc) is 3.42. The summed E-state index contributed by atoms with van der Waals surface area (Å²) in [7, 11) is 0. The third-order valence-electron chi connectivity index (χ3n) is 6.43. The van der Waals surface area contributed by atoms with Crippen molar-refractivity contribution in [3.8, 4) is 17.9 Å². The van der Waals surface area contributed by atoms with Crippen LogP contribution < -0.4 is 5.32 Å². The Bertz CT molecular complexity index is 1310. The number of nitrogens with zero attached hydrogens (tertiary/aromatic N) is 3. The summed E-state index contributed by atoms with van der Waals surface area (Å²) in [5, 5.41) is 23.1. The van der Waals surface area contributed by atoms with Crippen molar-refractivity contribution in [2.45, 2.75) is 62.7 Å². The molecule has 1 aliphatic carbocycles. The molecule has 3 unspecified atom stereocenters. The van der Waals surface area contributed by atoms with Crippen LogP contribution in [-0.2, 0) is 11.2 Å². The zero-order chi connectivity index (χ0) is 26.2. The molecule has 5 rings (SSSR count). The molecule has 2 aliphatic heterocycles. The average molecular weight is 576 g/mol. The Morgan fingerprint density at radius 3 is 2.86 bits per heavy atom. The van der Waals surface area contributed by atoms with Gasteiger partial charge >= 0.3 is 6.09 Å². The standard InChI is InChI=1S/C26H28BrFN4O3S/c1-26(2,3)35-25(34)32-13-15-12-18(32)21(15)30-22-16(8-6-10-33)24(36-4)31-23-17(22)11-14(7-5-9-29)19(27)20(23)28/h11,15,18,21,33H,5,7,10,12-13H2,1-4H3,(H,30,31). The van der Waals surface area contributed by atoms with Crippen LogP contribution in [0.4, 0.5) is 14.9 Å². The minimum absolute atomic E-state index is 0.0530. The first-order chi connectivity index (χ1) is 17.1. The number of anilines is 1. The number of amides is 1. The van der Waals surface area contributed by atoms with Crippen LogP contribution in [0, 0.1) is 34.9 Å². The summed E-state index contributed by atoms with van der Waals surface area (Å²) in [5.74, 6) is 5.43. The number of benzene rings is 1. The minimum Gasteiger partial charge on any atom is -0.444 e. The number of carbonyl (C=O) groups is 1. The number of ether oxygens (including phenoxy) is 1. The molecule has 10 heteroatoms. The smallest absolute Gasteiger partial charge is 0.410 e. The van der Waals surface area contributed by atoms with Crippen LogP contribution in [0.1, 0.15) is 44.7 Å². The summed E-state index contributed by atoms with van der Waals surface area (Å²) < 4.78 is 21.4. The summed E-state index contributed by atoms with van der Waals surface area (Å²) in [6.45, 7) is 5.79. The van der Waals surface area contributed by atoms with Gasteiger partial charge in [-0.25, -0.2) is 14.2 Å². The van der Waals surface area contributed by atoms with E-state index in [1.807, 2.05) is 33.1 Å². The van der Waals surface area contributed by atoms with E-state index in [0.717, 1.165) is 6.42 Å². The fraction of sp³-hybridized carbons (Fsp3) is 0.500. The first-order valence-electron chi connectivity index (χ1n) is 11.7. The number of nitriles is 1. The number of pyridine rings is 1. The minimum atomic E-state index is -0.584. The summed E-state index contributed by atoms with van der Waals surface area (Å²) in [6.07, 6.45) is 3.00. The van der Waals surface area contributed by atoms with Gasteiger partial charge in [0.1, 0.15) is 22.8 Å². The third kappa shape index (κ3) is 5.00. The van der Waals surface area contributed by atoms with Gasteiger partial charge in [-0.3, -0.25) is 0 Å². The quantitative estimate of drug-likeness (QED) is 0.379. The Morgan fingerprint density at radius 2 is 2.22 bits per heavy atom. The van der Waals surface area contributed by atoms with Gasteiger partial charge in [0.25, 0.3) is 0 Å². The Kier molecular flexibility index (Phi) is 7.70. The van der Waals surface area contributed by atoms with Gasteiger partial charge in [-0.15, -0.1) is 11.8 Å². The van der Waals surface area contributed by atoms with Gasteiger partial charge < -0.3 is 20.1 Å². The molecule has 3 atom stereocenters. The van der Waals surface area contributed by atoms with E-state index in [4.69, 9.17) is 10.00 Å². The second kappa shape index (κ2) is 10.5. The van der Waals surface area contributed by atoms with Crippen LogP contribution in [0.15, 0.2) is 15.6 Å². The Balaban J connectivity index is 1.80. The van der Waals surface area contributed by atoms with E-state index in [2.05, 4.69) is 44.1 Å². The Morgan fingerprint density at radius 1 is 1.47 bits per heavy atom. The highest BCUT2D eigenvalue weighted by Gasteiger charge is 2.55. The number of carbonyl (C=O) groups excluding carboxylic acids is 1. The van der Waals surface area contributed by atoms with Crippen LogP contribution in [0.5, 0.6) is 0 Å². The van der Waals surface area contributed by atoms with Crippen molar-refractivity contribution in [3.05, 3.63) is 27.5 Å². The molecular weight excluding hydrogens is 547 g/mol. The lowest BCUT2D eigenvalue weighted by Crippen LogP contribution is -2.50. The number of rotatable bonds is 5. The zero-order valence-electron chi connectivity index (χ0n) is 20.6. The van der Waals surface area contributed by atoms with Crippen molar-refractivity contribution >= 4 is 50.4 Å². The molecule has 2 bridgehead atoms. The molecule has 1 saturated carbocycles. The van der Waals surface area contributed by atoms with Crippen molar-refractivity contribution in [1.82, 2.24) is 9.88 Å². The number of aliphatic hydroxyl groups is 1. The number of hydrogen-bond acceptors (Lipinski definition) is 7. The topological polar surface area (TPSA) is 98.5 Å². The molecular formula is C26H28BrFN4O3S. The molecule has 2 N–H and O–H groups in total. The SMILES string of the molecule is CSc1nc2c(F)c(Br)c(CCC#N)cc2c(NC2C3CC2N(C(=O)OC(C)(C)C)C3)c1C#CCO. The third-order valence-corrected chi connectivity index (χ3v) is 7.97. The normalized spacial score (nSPS) is 20.4. The molecule has 36 heavy (non-hydrogen) atoms. The molecule has 3 aliphatic rings. The van der Waals surface area contributed by atoms with Crippen LogP contribution in [0.3, 0.4) is 0 Å².